The normalized spacial score (nSPS) is 20.9. The molecule has 0 unspecified atom stereocenters. The molecule has 3 heteroatoms. The van der Waals surface area contributed by atoms with Crippen LogP contribution in [0, 0.1) is 26.2 Å². The number of rotatable bonds is 6. The smallest absolute Gasteiger partial charge is 0.167 e. The zero-order chi connectivity index (χ0) is 18.5. The van der Waals surface area contributed by atoms with Crippen molar-refractivity contribution in [2.75, 3.05) is 26.2 Å². The molecular weight excluding hydrogens is 320 g/mol. The van der Waals surface area contributed by atoms with Crippen molar-refractivity contribution >= 4 is 5.78 Å². The van der Waals surface area contributed by atoms with E-state index in [0.29, 0.717) is 6.54 Å². The van der Waals surface area contributed by atoms with Crippen molar-refractivity contribution in [1.82, 2.24) is 4.90 Å². The number of hydrogen-bond donors (Lipinski definition) is 1. The maximum absolute atomic E-state index is 13.3. The molecule has 0 aliphatic carbocycles. The molecule has 3 nitrogen and oxygen atoms in total. The number of Topliss-reactive ketones (excluding diaryl/α,β-unsaturated/α-hetero) is 1. The number of carbonyl (C=O) groups excluding carboxylic acids is 1. The summed E-state index contributed by atoms with van der Waals surface area (Å²) < 4.78 is 0. The molecule has 0 bridgehead atoms. The first-order valence-electron chi connectivity index (χ1n) is 9.53. The van der Waals surface area contributed by atoms with Crippen LogP contribution in [0.2, 0.25) is 0 Å². The van der Waals surface area contributed by atoms with E-state index in [1.165, 1.54) is 16.7 Å². The van der Waals surface area contributed by atoms with Gasteiger partial charge in [-0.25, -0.2) is 0 Å². The summed E-state index contributed by atoms with van der Waals surface area (Å²) in [5, 5.41) is 0. The molecule has 1 heterocycles. The minimum Gasteiger partial charge on any atom is -0.330 e. The quantitative estimate of drug-likeness (QED) is 0.808. The molecule has 137 valence electrons. The van der Waals surface area contributed by atoms with Crippen LogP contribution in [0.4, 0.5) is 0 Å². The van der Waals surface area contributed by atoms with Gasteiger partial charge >= 0.3 is 0 Å². The summed E-state index contributed by atoms with van der Waals surface area (Å²) in [6.07, 6.45) is 3.29. The van der Waals surface area contributed by atoms with Gasteiger partial charge in [0.05, 0.1) is 0 Å². The fourth-order valence-corrected chi connectivity index (χ4v) is 3.93. The number of ketones is 1. The second-order valence-electron chi connectivity index (χ2n) is 7.29. The minimum absolute atomic E-state index is 0.0515. The Labute approximate surface area is 157 Å². The van der Waals surface area contributed by atoms with Crippen LogP contribution >= 0.6 is 0 Å². The fourth-order valence-electron chi connectivity index (χ4n) is 3.93. The lowest BCUT2D eigenvalue weighted by Gasteiger charge is -2.38. The molecule has 0 amide bonds. The van der Waals surface area contributed by atoms with Crippen molar-refractivity contribution in [3.63, 3.8) is 0 Å². The Morgan fingerprint density at radius 3 is 2.62 bits per heavy atom. The van der Waals surface area contributed by atoms with Crippen molar-refractivity contribution in [1.29, 1.82) is 0 Å². The molecule has 3 rings (SSSR count). The number of nitrogens with two attached hydrogens (primary N) is 1. The van der Waals surface area contributed by atoms with Gasteiger partial charge in [0.1, 0.15) is 0 Å². The number of piperidine rings is 1. The molecule has 2 N–H and O–H groups in total. The van der Waals surface area contributed by atoms with Gasteiger partial charge in [0, 0.05) is 24.6 Å². The van der Waals surface area contributed by atoms with Crippen LogP contribution in [-0.2, 0) is 0 Å². The molecule has 1 radical (unpaired) electrons. The van der Waals surface area contributed by atoms with Gasteiger partial charge in [0.2, 0.25) is 0 Å². The largest absolute Gasteiger partial charge is 0.330 e. The van der Waals surface area contributed by atoms with Gasteiger partial charge in [-0.2, -0.15) is 0 Å². The van der Waals surface area contributed by atoms with E-state index in [1.54, 1.807) is 0 Å². The number of benzene rings is 2. The maximum Gasteiger partial charge on any atom is 0.167 e. The Morgan fingerprint density at radius 1 is 1.12 bits per heavy atom. The molecule has 26 heavy (non-hydrogen) atoms. The third-order valence-electron chi connectivity index (χ3n) is 5.59. The van der Waals surface area contributed by atoms with E-state index in [1.807, 2.05) is 30.3 Å². The number of aryl methyl sites for hydroxylation is 1. The van der Waals surface area contributed by atoms with E-state index in [2.05, 4.69) is 43.4 Å². The first kappa shape index (κ1) is 18.8. The van der Waals surface area contributed by atoms with Crippen LogP contribution in [0.15, 0.2) is 48.5 Å². The maximum atomic E-state index is 13.3. The van der Waals surface area contributed by atoms with E-state index in [4.69, 9.17) is 5.73 Å². The van der Waals surface area contributed by atoms with E-state index < -0.39 is 0 Å². The molecule has 1 aliphatic heterocycles. The van der Waals surface area contributed by atoms with Crippen LogP contribution in [0.3, 0.4) is 0 Å². The monoisotopic (exact) mass is 349 g/mol. The lowest BCUT2D eigenvalue weighted by molar-refractivity contribution is 0.0828. The van der Waals surface area contributed by atoms with Gasteiger partial charge in [-0.05, 0) is 62.4 Å². The van der Waals surface area contributed by atoms with Gasteiger partial charge in [-0.15, -0.1) is 0 Å². The van der Waals surface area contributed by atoms with Gasteiger partial charge in [-0.3, -0.25) is 4.79 Å². The summed E-state index contributed by atoms with van der Waals surface area (Å²) in [6, 6.07) is 16.1. The summed E-state index contributed by atoms with van der Waals surface area (Å²) in [4.78, 5) is 15.7. The Bertz CT molecular complexity index is 741. The molecular formula is C23H29N2O. The van der Waals surface area contributed by atoms with E-state index in [0.717, 1.165) is 31.6 Å². The van der Waals surface area contributed by atoms with Crippen molar-refractivity contribution in [2.45, 2.75) is 26.2 Å². The fraction of sp³-hybridized carbons (Fsp3) is 0.391. The SMILES string of the molecule is Cc1cccc([C@H]2[CH]CN(CCCN)C[C@H]2C(=O)c2ccccc2)c1C. The molecule has 0 spiro atoms. The topological polar surface area (TPSA) is 46.3 Å². The molecule has 0 saturated carbocycles. The second kappa shape index (κ2) is 8.61. The van der Waals surface area contributed by atoms with Crippen molar-refractivity contribution < 1.29 is 4.79 Å². The molecule has 2 aromatic rings. The van der Waals surface area contributed by atoms with Crippen molar-refractivity contribution in [3.05, 3.63) is 77.2 Å². The standard InChI is InChI=1S/C23H29N2O/c1-17-8-6-11-20(18(17)2)21-12-15-25(14-7-13-24)16-22(21)23(26)19-9-4-3-5-10-19/h3-6,8-12,21-22H,7,13-16,24H2,1-2H3/t21-,22-/m1/s1. The number of nitrogens with zero attached hydrogens (tertiary/aromatic N) is 1. The summed E-state index contributed by atoms with van der Waals surface area (Å²) in [5.41, 5.74) is 10.4. The zero-order valence-corrected chi connectivity index (χ0v) is 15.8. The van der Waals surface area contributed by atoms with E-state index in [-0.39, 0.29) is 17.6 Å². The molecule has 0 aromatic heterocycles. The molecule has 1 saturated heterocycles. The lowest BCUT2D eigenvalue weighted by Crippen LogP contribution is -2.44. The first-order chi connectivity index (χ1) is 12.6. The lowest BCUT2D eigenvalue weighted by atomic mass is 9.75. The van der Waals surface area contributed by atoms with Gasteiger partial charge in [0.25, 0.3) is 0 Å². The van der Waals surface area contributed by atoms with Crippen LogP contribution in [-0.4, -0.2) is 36.9 Å². The highest BCUT2D eigenvalue weighted by Gasteiger charge is 2.36. The summed E-state index contributed by atoms with van der Waals surface area (Å²) in [6.45, 7) is 7.66. The summed E-state index contributed by atoms with van der Waals surface area (Å²) in [5.74, 6) is 0.353. The Kier molecular flexibility index (Phi) is 6.23. The minimum atomic E-state index is -0.0515. The predicted octanol–water partition coefficient (Wildman–Crippen LogP) is 3.75. The Balaban J connectivity index is 1.91. The highest BCUT2D eigenvalue weighted by atomic mass is 16.1. The molecule has 2 atom stereocenters. The first-order valence-corrected chi connectivity index (χ1v) is 9.53. The molecule has 2 aromatic carbocycles. The van der Waals surface area contributed by atoms with Gasteiger partial charge in [-0.1, -0.05) is 48.5 Å². The zero-order valence-electron chi connectivity index (χ0n) is 15.8. The van der Waals surface area contributed by atoms with Crippen LogP contribution in [0.25, 0.3) is 0 Å². The highest BCUT2D eigenvalue weighted by Crippen LogP contribution is 2.36. The molecule has 1 aliphatic rings. The number of likely N-dealkylation sites (tertiary alicyclic amines) is 1. The van der Waals surface area contributed by atoms with Crippen LogP contribution in [0.1, 0.15) is 39.4 Å². The highest BCUT2D eigenvalue weighted by molar-refractivity contribution is 5.98. The Hall–Kier alpha value is -1.97. The average molecular weight is 349 g/mol. The third-order valence-corrected chi connectivity index (χ3v) is 5.59. The van der Waals surface area contributed by atoms with Crippen molar-refractivity contribution in [2.24, 2.45) is 11.7 Å². The van der Waals surface area contributed by atoms with E-state index >= 15 is 0 Å². The average Bonchev–Trinajstić information content (AvgIpc) is 2.68. The van der Waals surface area contributed by atoms with Crippen LogP contribution < -0.4 is 5.73 Å². The van der Waals surface area contributed by atoms with Gasteiger partial charge < -0.3 is 10.6 Å². The van der Waals surface area contributed by atoms with Crippen molar-refractivity contribution in [3.8, 4) is 0 Å². The number of carbonyl (C=O) groups is 1. The number of hydrogen-bond acceptors (Lipinski definition) is 3. The summed E-state index contributed by atoms with van der Waals surface area (Å²) >= 11 is 0. The van der Waals surface area contributed by atoms with Crippen LogP contribution in [0.5, 0.6) is 0 Å². The predicted molar refractivity (Wildman–Crippen MR) is 107 cm³/mol. The second-order valence-corrected chi connectivity index (χ2v) is 7.29. The molecule has 1 fully saturated rings. The van der Waals surface area contributed by atoms with E-state index in [9.17, 15) is 4.79 Å². The third kappa shape index (κ3) is 4.05. The summed E-state index contributed by atoms with van der Waals surface area (Å²) in [7, 11) is 0. The van der Waals surface area contributed by atoms with Gasteiger partial charge in [0.15, 0.2) is 5.78 Å². The Morgan fingerprint density at radius 2 is 1.88 bits per heavy atom.